The average Bonchev–Trinajstić information content (AvgIpc) is 2.28. The molecule has 0 heterocycles. The topological polar surface area (TPSA) is 43.4 Å². The zero-order valence-corrected chi connectivity index (χ0v) is 9.20. The van der Waals surface area contributed by atoms with Crippen LogP contribution in [0.25, 0.3) is 0 Å². The zero-order chi connectivity index (χ0) is 12.1. The molecule has 0 amide bonds. The number of halogens is 1. The Morgan fingerprint density at radius 1 is 1.38 bits per heavy atom. The summed E-state index contributed by atoms with van der Waals surface area (Å²) in [4.78, 5) is 22.7. The largest absolute Gasteiger partial charge is 0.469 e. The summed E-state index contributed by atoms with van der Waals surface area (Å²) in [5.74, 6) is -2.01. The number of ether oxygens (including phenoxy) is 1. The number of carbonyl (C=O) groups is 2. The van der Waals surface area contributed by atoms with Gasteiger partial charge in [-0.15, -0.1) is 0 Å². The van der Waals surface area contributed by atoms with Crippen LogP contribution in [0.1, 0.15) is 23.7 Å². The number of hydrogen-bond acceptors (Lipinski definition) is 3. The third-order valence-electron chi connectivity index (χ3n) is 2.29. The summed E-state index contributed by atoms with van der Waals surface area (Å²) < 4.78 is 17.7. The van der Waals surface area contributed by atoms with Gasteiger partial charge >= 0.3 is 5.97 Å². The van der Waals surface area contributed by atoms with Gasteiger partial charge in [0.2, 0.25) is 0 Å². The third-order valence-corrected chi connectivity index (χ3v) is 2.29. The van der Waals surface area contributed by atoms with Crippen LogP contribution in [-0.4, -0.2) is 18.9 Å². The van der Waals surface area contributed by atoms with Crippen molar-refractivity contribution >= 4 is 11.8 Å². The van der Waals surface area contributed by atoms with Gasteiger partial charge in [0, 0.05) is 5.92 Å². The summed E-state index contributed by atoms with van der Waals surface area (Å²) in [7, 11) is 1.25. The number of Topliss-reactive ketones (excluding diaryl/α,β-unsaturated/α-hetero) is 1. The molecule has 0 radical (unpaired) electrons. The van der Waals surface area contributed by atoms with Crippen molar-refractivity contribution in [3.8, 4) is 0 Å². The maximum absolute atomic E-state index is 13.3. The molecule has 0 aliphatic heterocycles. The molecule has 0 bridgehead atoms. The molecular formula is C12H13FO3. The minimum Gasteiger partial charge on any atom is -0.469 e. The predicted octanol–water partition coefficient (Wildman–Crippen LogP) is 2.21. The Hall–Kier alpha value is -1.71. The lowest BCUT2D eigenvalue weighted by atomic mass is 9.96. The van der Waals surface area contributed by atoms with Crippen LogP contribution in [0.5, 0.6) is 0 Å². The van der Waals surface area contributed by atoms with E-state index < -0.39 is 17.7 Å². The van der Waals surface area contributed by atoms with Gasteiger partial charge in [-0.05, 0) is 12.1 Å². The van der Waals surface area contributed by atoms with Crippen molar-refractivity contribution in [2.24, 2.45) is 5.92 Å². The highest BCUT2D eigenvalue weighted by atomic mass is 19.1. The first kappa shape index (κ1) is 12.4. The van der Waals surface area contributed by atoms with Crippen molar-refractivity contribution in [2.45, 2.75) is 13.3 Å². The fourth-order valence-corrected chi connectivity index (χ4v) is 1.35. The molecule has 1 aromatic carbocycles. The van der Waals surface area contributed by atoms with E-state index in [1.807, 2.05) is 0 Å². The molecule has 1 unspecified atom stereocenters. The average molecular weight is 224 g/mol. The standard InChI is InChI=1S/C12H13FO3/c1-8(7-11(14)16-2)12(15)9-5-3-4-6-10(9)13/h3-6,8H,7H2,1-2H3. The maximum Gasteiger partial charge on any atom is 0.306 e. The van der Waals surface area contributed by atoms with Crippen LogP contribution in [0.15, 0.2) is 24.3 Å². The maximum atomic E-state index is 13.3. The number of rotatable bonds is 4. The summed E-state index contributed by atoms with van der Waals surface area (Å²) in [6, 6.07) is 5.72. The summed E-state index contributed by atoms with van der Waals surface area (Å²) in [5, 5.41) is 0. The number of hydrogen-bond donors (Lipinski definition) is 0. The first-order valence-corrected chi connectivity index (χ1v) is 4.91. The Morgan fingerprint density at radius 2 is 2.00 bits per heavy atom. The van der Waals surface area contributed by atoms with E-state index in [0.29, 0.717) is 0 Å². The monoisotopic (exact) mass is 224 g/mol. The fourth-order valence-electron chi connectivity index (χ4n) is 1.35. The van der Waals surface area contributed by atoms with E-state index in [9.17, 15) is 14.0 Å². The van der Waals surface area contributed by atoms with Crippen LogP contribution in [0.3, 0.4) is 0 Å². The molecule has 0 fully saturated rings. The highest BCUT2D eigenvalue weighted by molar-refractivity contribution is 5.99. The van der Waals surface area contributed by atoms with Crippen molar-refractivity contribution < 1.29 is 18.7 Å². The smallest absolute Gasteiger partial charge is 0.306 e. The lowest BCUT2D eigenvalue weighted by Crippen LogP contribution is -2.17. The highest BCUT2D eigenvalue weighted by Crippen LogP contribution is 2.15. The molecule has 0 spiro atoms. The van der Waals surface area contributed by atoms with Gasteiger partial charge in [-0.3, -0.25) is 9.59 Å². The van der Waals surface area contributed by atoms with Crippen LogP contribution in [0, 0.1) is 11.7 Å². The third kappa shape index (κ3) is 2.89. The Balaban J connectivity index is 2.79. The Bertz CT molecular complexity index is 401. The van der Waals surface area contributed by atoms with Crippen LogP contribution >= 0.6 is 0 Å². The molecule has 0 aliphatic carbocycles. The number of ketones is 1. The number of methoxy groups -OCH3 is 1. The van der Waals surface area contributed by atoms with Crippen molar-refractivity contribution in [1.29, 1.82) is 0 Å². The van der Waals surface area contributed by atoms with E-state index in [0.717, 1.165) is 0 Å². The van der Waals surface area contributed by atoms with Crippen LogP contribution in [0.2, 0.25) is 0 Å². The van der Waals surface area contributed by atoms with Gasteiger partial charge in [0.1, 0.15) is 5.82 Å². The molecule has 0 aromatic heterocycles. The van der Waals surface area contributed by atoms with Gasteiger partial charge in [0.05, 0.1) is 19.1 Å². The van der Waals surface area contributed by atoms with Gasteiger partial charge in [-0.1, -0.05) is 19.1 Å². The van der Waals surface area contributed by atoms with E-state index >= 15 is 0 Å². The lowest BCUT2D eigenvalue weighted by Gasteiger charge is -2.09. The predicted molar refractivity (Wildman–Crippen MR) is 56.5 cm³/mol. The molecule has 0 saturated carbocycles. The number of benzene rings is 1. The SMILES string of the molecule is COC(=O)CC(C)C(=O)c1ccccc1F. The first-order chi connectivity index (χ1) is 7.56. The van der Waals surface area contributed by atoms with Gasteiger partial charge in [-0.25, -0.2) is 4.39 Å². The normalized spacial score (nSPS) is 11.9. The fraction of sp³-hybridized carbons (Fsp3) is 0.333. The molecule has 86 valence electrons. The zero-order valence-electron chi connectivity index (χ0n) is 9.20. The molecule has 3 nitrogen and oxygen atoms in total. The van der Waals surface area contributed by atoms with Crippen molar-refractivity contribution in [3.63, 3.8) is 0 Å². The van der Waals surface area contributed by atoms with Crippen molar-refractivity contribution in [3.05, 3.63) is 35.6 Å². The van der Waals surface area contributed by atoms with Crippen molar-refractivity contribution in [2.75, 3.05) is 7.11 Å². The number of esters is 1. The molecule has 0 saturated heterocycles. The number of carbonyl (C=O) groups excluding carboxylic acids is 2. The van der Waals surface area contributed by atoms with E-state index in [1.54, 1.807) is 13.0 Å². The minimum absolute atomic E-state index is 0.0129. The molecule has 1 rings (SSSR count). The molecule has 4 heteroatoms. The Kier molecular flexibility index (Phi) is 4.17. The van der Waals surface area contributed by atoms with E-state index in [4.69, 9.17) is 0 Å². The second-order valence-electron chi connectivity index (χ2n) is 3.53. The molecular weight excluding hydrogens is 211 g/mol. The van der Waals surface area contributed by atoms with E-state index in [1.165, 1.54) is 25.3 Å². The summed E-state index contributed by atoms with van der Waals surface area (Å²) in [5.41, 5.74) is 0.0129. The van der Waals surface area contributed by atoms with Gasteiger partial charge in [0.15, 0.2) is 5.78 Å². The summed E-state index contributed by atoms with van der Waals surface area (Å²) >= 11 is 0. The molecule has 0 N–H and O–H groups in total. The second-order valence-corrected chi connectivity index (χ2v) is 3.53. The van der Waals surface area contributed by atoms with Crippen LogP contribution in [0.4, 0.5) is 4.39 Å². The van der Waals surface area contributed by atoms with Crippen molar-refractivity contribution in [1.82, 2.24) is 0 Å². The second kappa shape index (κ2) is 5.39. The minimum atomic E-state index is -0.579. The molecule has 0 aliphatic rings. The van der Waals surface area contributed by atoms with Gasteiger partial charge in [-0.2, -0.15) is 0 Å². The van der Waals surface area contributed by atoms with Gasteiger partial charge in [0.25, 0.3) is 0 Å². The van der Waals surface area contributed by atoms with E-state index in [2.05, 4.69) is 4.74 Å². The highest BCUT2D eigenvalue weighted by Gasteiger charge is 2.21. The van der Waals surface area contributed by atoms with Crippen LogP contribution in [-0.2, 0) is 9.53 Å². The summed E-state index contributed by atoms with van der Waals surface area (Å²) in [6.45, 7) is 1.58. The lowest BCUT2D eigenvalue weighted by molar-refractivity contribution is -0.141. The summed E-state index contributed by atoms with van der Waals surface area (Å²) in [6.07, 6.45) is -0.0380. The molecule has 16 heavy (non-hydrogen) atoms. The molecule has 1 atom stereocenters. The Labute approximate surface area is 93.2 Å². The van der Waals surface area contributed by atoms with E-state index in [-0.39, 0.29) is 17.8 Å². The van der Waals surface area contributed by atoms with Crippen LogP contribution < -0.4 is 0 Å². The molecule has 1 aromatic rings. The Morgan fingerprint density at radius 3 is 2.56 bits per heavy atom. The first-order valence-electron chi connectivity index (χ1n) is 4.91. The quantitative estimate of drug-likeness (QED) is 0.581. The van der Waals surface area contributed by atoms with Gasteiger partial charge < -0.3 is 4.74 Å².